The van der Waals surface area contributed by atoms with Crippen LogP contribution in [0.15, 0.2) is 0 Å². The Morgan fingerprint density at radius 3 is 1.75 bits per heavy atom. The molecule has 0 aromatic heterocycles. The van der Waals surface area contributed by atoms with Crippen LogP contribution >= 0.6 is 0 Å². The van der Waals surface area contributed by atoms with Gasteiger partial charge < -0.3 is 16.0 Å². The molecular formula is C21H43N3O4. The van der Waals surface area contributed by atoms with E-state index in [1.807, 2.05) is 0 Å². The molecule has 1 unspecified atom stereocenters. The largest absolute Gasteiger partial charge is 0.353 e. The number of amides is 2. The number of hydrogen-bond acceptors (Lipinski definition) is 5. The normalized spacial score (nSPS) is 12.1. The van der Waals surface area contributed by atoms with Crippen molar-refractivity contribution in [1.29, 1.82) is 0 Å². The second-order valence-corrected chi connectivity index (χ2v) is 8.65. The van der Waals surface area contributed by atoms with Gasteiger partial charge in [-0.2, -0.15) is 0 Å². The number of ketones is 2. The first-order valence-corrected chi connectivity index (χ1v) is 9.01. The van der Waals surface area contributed by atoms with Crippen LogP contribution in [0, 0.1) is 10.8 Å². The fraction of sp³-hybridized carbons (Fsp3) is 0.810. The first-order valence-electron chi connectivity index (χ1n) is 9.01. The summed E-state index contributed by atoms with van der Waals surface area (Å²) < 4.78 is 0. The highest BCUT2D eigenvalue weighted by atomic mass is 16.2. The molecule has 0 bridgehead atoms. The lowest BCUT2D eigenvalue weighted by Gasteiger charge is -2.29. The molecule has 0 rings (SSSR count). The van der Waals surface area contributed by atoms with Crippen LogP contribution in [0.4, 0.5) is 0 Å². The average Bonchev–Trinajstić information content (AvgIpc) is 2.51. The summed E-state index contributed by atoms with van der Waals surface area (Å²) in [6.07, 6.45) is 0.0450. The van der Waals surface area contributed by atoms with Crippen molar-refractivity contribution in [2.24, 2.45) is 16.6 Å². The maximum Gasteiger partial charge on any atom is 0.243 e. The minimum atomic E-state index is -0.912. The number of Topliss-reactive ketones (excluding diaryl/α,β-unsaturated/α-hetero) is 2. The standard InChI is InChI=1S/C19H35N3O4.2CH4/c1-18(2,3)14(23)8-9-16(25)22(7)13(17(26)21-11-10-20)12-15(24)19(4,5)6;;/h13H,8-12,20H2,1-7H3,(H,21,26);2*1H4. The lowest BCUT2D eigenvalue weighted by atomic mass is 9.86. The van der Waals surface area contributed by atoms with Crippen LogP contribution < -0.4 is 11.1 Å². The second kappa shape index (κ2) is 12.6. The molecule has 1 atom stereocenters. The van der Waals surface area contributed by atoms with E-state index in [-0.39, 0.29) is 64.7 Å². The van der Waals surface area contributed by atoms with Crippen LogP contribution in [0.5, 0.6) is 0 Å². The summed E-state index contributed by atoms with van der Waals surface area (Å²) in [5.74, 6) is -0.881. The number of carbonyl (C=O) groups excluding carboxylic acids is 4. The quantitative estimate of drug-likeness (QED) is 0.617. The molecular weight excluding hydrogens is 358 g/mol. The van der Waals surface area contributed by atoms with Gasteiger partial charge in [0.15, 0.2) is 0 Å². The van der Waals surface area contributed by atoms with Crippen molar-refractivity contribution in [2.75, 3.05) is 20.1 Å². The number of rotatable bonds is 9. The van der Waals surface area contributed by atoms with Gasteiger partial charge in [0.25, 0.3) is 0 Å². The third kappa shape index (κ3) is 10.5. The maximum atomic E-state index is 12.5. The van der Waals surface area contributed by atoms with Gasteiger partial charge in [0.2, 0.25) is 11.8 Å². The third-order valence-electron chi connectivity index (χ3n) is 4.22. The first kappa shape index (κ1) is 31.0. The van der Waals surface area contributed by atoms with Crippen molar-refractivity contribution >= 4 is 23.4 Å². The van der Waals surface area contributed by atoms with E-state index in [0.717, 1.165) is 0 Å². The van der Waals surface area contributed by atoms with Gasteiger partial charge in [0, 0.05) is 50.2 Å². The van der Waals surface area contributed by atoms with Gasteiger partial charge in [-0.05, 0) is 0 Å². The van der Waals surface area contributed by atoms with E-state index in [0.29, 0.717) is 0 Å². The summed E-state index contributed by atoms with van der Waals surface area (Å²) in [5.41, 5.74) is 4.28. The number of nitrogens with one attached hydrogen (secondary N) is 1. The Bertz CT molecular complexity index is 531. The van der Waals surface area contributed by atoms with Crippen LogP contribution in [-0.4, -0.2) is 54.5 Å². The van der Waals surface area contributed by atoms with E-state index in [1.54, 1.807) is 41.5 Å². The smallest absolute Gasteiger partial charge is 0.243 e. The third-order valence-corrected chi connectivity index (χ3v) is 4.22. The molecule has 0 radical (unpaired) electrons. The van der Waals surface area contributed by atoms with Crippen LogP contribution in [-0.2, 0) is 19.2 Å². The highest BCUT2D eigenvalue weighted by Gasteiger charge is 2.33. The molecule has 0 heterocycles. The highest BCUT2D eigenvalue weighted by Crippen LogP contribution is 2.21. The number of carbonyl (C=O) groups is 4. The van der Waals surface area contributed by atoms with E-state index in [9.17, 15) is 19.2 Å². The number of nitrogens with two attached hydrogens (primary N) is 1. The molecule has 0 saturated carbocycles. The van der Waals surface area contributed by atoms with Crippen molar-refractivity contribution in [3.63, 3.8) is 0 Å². The van der Waals surface area contributed by atoms with E-state index < -0.39 is 22.8 Å². The molecule has 0 fully saturated rings. The second-order valence-electron chi connectivity index (χ2n) is 8.65. The molecule has 0 aromatic rings. The minimum absolute atomic E-state index is 0. The van der Waals surface area contributed by atoms with Gasteiger partial charge in [-0.3, -0.25) is 19.2 Å². The zero-order chi connectivity index (χ0) is 20.7. The Morgan fingerprint density at radius 2 is 1.36 bits per heavy atom. The molecule has 28 heavy (non-hydrogen) atoms. The van der Waals surface area contributed by atoms with Gasteiger partial charge in [0.05, 0.1) is 0 Å². The van der Waals surface area contributed by atoms with E-state index in [4.69, 9.17) is 5.73 Å². The maximum absolute atomic E-state index is 12.5. The Hall–Kier alpha value is -1.76. The van der Waals surface area contributed by atoms with Crippen molar-refractivity contribution in [3.8, 4) is 0 Å². The Morgan fingerprint density at radius 1 is 0.893 bits per heavy atom. The topological polar surface area (TPSA) is 110 Å². The lowest BCUT2D eigenvalue weighted by Crippen LogP contribution is -2.50. The molecule has 0 aliphatic carbocycles. The van der Waals surface area contributed by atoms with Crippen molar-refractivity contribution in [3.05, 3.63) is 0 Å². The summed E-state index contributed by atoms with van der Waals surface area (Å²) in [7, 11) is 1.49. The van der Waals surface area contributed by atoms with Crippen molar-refractivity contribution in [2.45, 2.75) is 81.7 Å². The van der Waals surface area contributed by atoms with Gasteiger partial charge in [-0.25, -0.2) is 0 Å². The Balaban J connectivity index is -0.00000312. The molecule has 3 N–H and O–H groups in total. The summed E-state index contributed by atoms with van der Waals surface area (Å²) in [6, 6.07) is -0.912. The summed E-state index contributed by atoms with van der Waals surface area (Å²) in [5, 5.41) is 2.64. The van der Waals surface area contributed by atoms with Crippen LogP contribution in [0.2, 0.25) is 0 Å². The monoisotopic (exact) mass is 401 g/mol. The van der Waals surface area contributed by atoms with Crippen LogP contribution in [0.25, 0.3) is 0 Å². The molecule has 0 aliphatic heterocycles. The van der Waals surface area contributed by atoms with Gasteiger partial charge in [-0.1, -0.05) is 56.4 Å². The van der Waals surface area contributed by atoms with Crippen LogP contribution in [0.1, 0.15) is 75.7 Å². The Labute approximate surface area is 171 Å². The molecule has 0 spiro atoms. The predicted molar refractivity (Wildman–Crippen MR) is 115 cm³/mol. The SMILES string of the molecule is C.C.CN(C(=O)CCC(=O)C(C)(C)C)C(CC(=O)C(C)(C)C)C(=O)NCCN. The first-order chi connectivity index (χ1) is 11.7. The number of nitrogens with zero attached hydrogens (tertiary/aromatic N) is 1. The van der Waals surface area contributed by atoms with Gasteiger partial charge >= 0.3 is 0 Å². The highest BCUT2D eigenvalue weighted by molar-refractivity contribution is 5.95. The molecule has 0 aliphatic rings. The molecule has 2 amide bonds. The van der Waals surface area contributed by atoms with Crippen molar-refractivity contribution in [1.82, 2.24) is 10.2 Å². The summed E-state index contributed by atoms with van der Waals surface area (Å²) in [4.78, 5) is 50.6. The molecule has 0 saturated heterocycles. The fourth-order valence-corrected chi connectivity index (χ4v) is 2.15. The van der Waals surface area contributed by atoms with E-state index in [2.05, 4.69) is 5.32 Å². The number of hydrogen-bond donors (Lipinski definition) is 2. The molecule has 7 nitrogen and oxygen atoms in total. The van der Waals surface area contributed by atoms with Crippen molar-refractivity contribution < 1.29 is 19.2 Å². The van der Waals surface area contributed by atoms with E-state index >= 15 is 0 Å². The average molecular weight is 402 g/mol. The molecule has 7 heteroatoms. The van der Waals surface area contributed by atoms with Gasteiger partial charge in [-0.15, -0.1) is 0 Å². The zero-order valence-corrected chi connectivity index (χ0v) is 17.3. The minimum Gasteiger partial charge on any atom is -0.353 e. The lowest BCUT2D eigenvalue weighted by molar-refractivity contribution is -0.142. The fourth-order valence-electron chi connectivity index (χ4n) is 2.15. The van der Waals surface area contributed by atoms with Crippen LogP contribution in [0.3, 0.4) is 0 Å². The van der Waals surface area contributed by atoms with E-state index in [1.165, 1.54) is 11.9 Å². The number of likely N-dealkylation sites (N-methyl/N-ethyl adjacent to an activating group) is 1. The summed E-state index contributed by atoms with van der Waals surface area (Å²) in [6.45, 7) is 11.3. The summed E-state index contributed by atoms with van der Waals surface area (Å²) >= 11 is 0. The molecule has 166 valence electrons. The molecule has 0 aromatic carbocycles. The zero-order valence-electron chi connectivity index (χ0n) is 17.3. The predicted octanol–water partition coefficient (Wildman–Crippen LogP) is 2.56. The Kier molecular flexibility index (Phi) is 14.0. The van der Waals surface area contributed by atoms with Gasteiger partial charge in [0.1, 0.15) is 17.6 Å².